The van der Waals surface area contributed by atoms with Crippen molar-refractivity contribution in [3.8, 4) is 46.0 Å². The highest BCUT2D eigenvalue weighted by atomic mass is 35.5. The monoisotopic (exact) mass is 1030 g/mol. The van der Waals surface area contributed by atoms with Gasteiger partial charge in [-0.2, -0.15) is 0 Å². The Bertz CT molecular complexity index is 2870. The topological polar surface area (TPSA) is 145 Å². The molecule has 0 radical (unpaired) electrons. The van der Waals surface area contributed by atoms with Gasteiger partial charge >= 0.3 is 0 Å². The van der Waals surface area contributed by atoms with Crippen molar-refractivity contribution in [1.29, 1.82) is 0 Å². The molecule has 13 rings (SSSR count). The summed E-state index contributed by atoms with van der Waals surface area (Å²) < 4.78 is 39.4. The molecule has 380 valence electrons. The predicted molar refractivity (Wildman–Crippen MR) is 279 cm³/mol. The molecule has 2 saturated heterocycles. The molecule has 2 spiro atoms. The van der Waals surface area contributed by atoms with Gasteiger partial charge in [0.25, 0.3) is 0 Å². The minimum atomic E-state index is -0.594. The van der Waals surface area contributed by atoms with Crippen molar-refractivity contribution in [2.24, 2.45) is 11.8 Å². The van der Waals surface area contributed by atoms with Gasteiger partial charge in [-0.25, -0.2) is 0 Å². The number of hydrogen-bond acceptors (Lipinski definition) is 13. The number of aromatic hydroxyl groups is 1. The summed E-state index contributed by atoms with van der Waals surface area (Å²) in [4.78, 5) is 9.47. The van der Waals surface area contributed by atoms with E-state index in [-0.39, 0.29) is 66.0 Å². The van der Waals surface area contributed by atoms with Crippen LogP contribution in [0.15, 0.2) is 91.2 Å². The maximum Gasteiger partial charge on any atom is 0.165 e. The Labute approximate surface area is 433 Å². The first kappa shape index (κ1) is 52.2. The Morgan fingerprint density at radius 1 is 0.606 bits per heavy atom. The van der Waals surface area contributed by atoms with Gasteiger partial charge in [0.1, 0.15) is 24.4 Å². The van der Waals surface area contributed by atoms with Crippen LogP contribution in [0.2, 0.25) is 0 Å². The number of nitrogens with zero attached hydrogens (tertiary/aromatic N) is 3. The molecule has 5 aromatic rings. The number of aliphatic hydroxyl groups excluding tert-OH is 2. The second-order valence-electron chi connectivity index (χ2n) is 19.6. The van der Waals surface area contributed by atoms with Crippen molar-refractivity contribution in [3.05, 3.63) is 125 Å². The van der Waals surface area contributed by atoms with Crippen LogP contribution in [0, 0.1) is 11.8 Å². The van der Waals surface area contributed by atoms with Crippen LogP contribution in [0.25, 0.3) is 10.8 Å². The summed E-state index contributed by atoms with van der Waals surface area (Å²) in [7, 11) is 12.6. The number of pyridine rings is 1. The maximum atomic E-state index is 10.6. The molecule has 4 aromatic carbocycles. The summed E-state index contributed by atoms with van der Waals surface area (Å²) >= 11 is 0. The van der Waals surface area contributed by atoms with E-state index >= 15 is 0 Å². The fourth-order valence-electron chi connectivity index (χ4n) is 13.5. The fourth-order valence-corrected chi connectivity index (χ4v) is 13.5. The van der Waals surface area contributed by atoms with Crippen LogP contribution in [0.4, 0.5) is 0 Å². The Morgan fingerprint density at radius 3 is 1.69 bits per heavy atom. The maximum absolute atomic E-state index is 10.6. The van der Waals surface area contributed by atoms with Gasteiger partial charge in [0.15, 0.2) is 46.0 Å². The van der Waals surface area contributed by atoms with Crippen LogP contribution in [0.5, 0.6) is 46.0 Å². The van der Waals surface area contributed by atoms with Crippen molar-refractivity contribution in [1.82, 2.24) is 14.8 Å². The second-order valence-corrected chi connectivity index (χ2v) is 19.6. The number of hydrogen-bond donors (Lipinski definition) is 3. The molecular formula is C55H64Cl3N3O10. The summed E-state index contributed by atoms with van der Waals surface area (Å²) in [5.74, 6) is 6.10. The number of halogens is 3. The van der Waals surface area contributed by atoms with Crippen LogP contribution in [-0.2, 0) is 30.1 Å². The van der Waals surface area contributed by atoms with Gasteiger partial charge in [0.2, 0.25) is 0 Å². The highest BCUT2D eigenvalue weighted by Crippen LogP contribution is 2.64. The molecule has 4 aliphatic carbocycles. The van der Waals surface area contributed by atoms with Gasteiger partial charge in [-0.3, -0.25) is 4.98 Å². The number of likely N-dealkylation sites (tertiary alicyclic amines) is 2. The molecule has 4 aliphatic heterocycles. The molecular weight excluding hydrogens is 969 g/mol. The zero-order valence-corrected chi connectivity index (χ0v) is 43.4. The summed E-state index contributed by atoms with van der Waals surface area (Å²) in [5.41, 5.74) is 6.95. The quantitative estimate of drug-likeness (QED) is 0.137. The van der Waals surface area contributed by atoms with Crippen LogP contribution >= 0.6 is 37.2 Å². The standard InChI is InChI=1S/C20H21NO4.C18H21NO3.C17H19NO3.3ClH/c1-22-17-6-5-13(10-18(17)23-2)9-16-15-12-20(25-4)19(24-3)11-14(15)7-8-21-16;1-19-8-7-18-11-4-5-13(20)17(18)22-16-14(21-2)6-3-10(15(16)18)9-12(11)19;1-18-7-6-17-10-3-5-13(20)16(17)21-15-12(19)4-2-9(14(15)17)8-11(10)18;;;/h5-8,10-12H,9H2,1-4H3;3-6,11-13,17,20H,7-9H2,1-2H3;2-5,10-11,13,16,19-20H,6-8H2,1H3;3*1H/t;11-,12+,13-,17-,18-;10-,11+,13-,16-,17-;;;/m.00.../s1. The Balaban J connectivity index is 0.000000140. The highest BCUT2D eigenvalue weighted by Gasteiger charge is 2.65. The second kappa shape index (κ2) is 20.1. The van der Waals surface area contributed by atoms with Crippen molar-refractivity contribution in [3.63, 3.8) is 0 Å². The number of aliphatic hydroxyl groups is 2. The van der Waals surface area contributed by atoms with Gasteiger partial charge in [-0.05, 0) is 117 Å². The number of fused-ring (bicyclic) bond motifs is 1. The van der Waals surface area contributed by atoms with Crippen LogP contribution in [0.3, 0.4) is 0 Å². The van der Waals surface area contributed by atoms with Gasteiger partial charge in [-0.1, -0.05) is 42.5 Å². The normalized spacial score (nSPS) is 29.0. The Hall–Kier alpha value is -5.12. The van der Waals surface area contributed by atoms with Crippen LogP contribution in [0.1, 0.15) is 46.4 Å². The molecule has 0 unspecified atom stereocenters. The van der Waals surface area contributed by atoms with Gasteiger partial charge in [0.05, 0.1) is 41.2 Å². The molecule has 0 saturated carbocycles. The molecule has 13 nitrogen and oxygen atoms in total. The Morgan fingerprint density at radius 2 is 1.11 bits per heavy atom. The lowest BCUT2D eigenvalue weighted by atomic mass is 9.53. The number of likely N-dealkylation sites (N-methyl/N-ethyl adjacent to an activating group) is 2. The van der Waals surface area contributed by atoms with Crippen LogP contribution in [-0.4, -0.2) is 129 Å². The number of ether oxygens (including phenoxy) is 7. The number of aromatic nitrogens is 1. The fraction of sp³-hybridized carbons (Fsp3) is 0.436. The molecule has 2 fully saturated rings. The Kier molecular flexibility index (Phi) is 14.8. The van der Waals surface area contributed by atoms with Crippen LogP contribution < -0.4 is 33.2 Å². The first-order chi connectivity index (χ1) is 33.0. The van der Waals surface area contributed by atoms with Crippen molar-refractivity contribution < 1.29 is 48.5 Å². The summed E-state index contributed by atoms with van der Waals surface area (Å²) in [6, 6.07) is 20.7. The first-order valence-corrected chi connectivity index (χ1v) is 23.7. The predicted octanol–water partition coefficient (Wildman–Crippen LogP) is 7.82. The minimum Gasteiger partial charge on any atom is -0.504 e. The number of rotatable bonds is 7. The third kappa shape index (κ3) is 7.93. The zero-order valence-electron chi connectivity index (χ0n) is 41.0. The SMILES string of the molecule is CN1CC[C@]23c4c5ccc(O)c4O[C@H]2[C@@H](O)C=C[C@H]3[C@H]1C5.COc1ccc(Cc2nccc3cc(OC)c(OC)cc23)cc1OC.COc1ccc2c3c1O[C@H]1[C@@H](O)C=C[C@H]4[C@@H](C2)N(C)CC[C@@]341.Cl.Cl.Cl. The number of piperidine rings is 2. The number of methoxy groups -OCH3 is 5. The van der Waals surface area contributed by atoms with E-state index in [1.54, 1.807) is 41.6 Å². The van der Waals surface area contributed by atoms with E-state index in [0.29, 0.717) is 59.1 Å². The smallest absolute Gasteiger partial charge is 0.165 e. The van der Waals surface area contributed by atoms with E-state index < -0.39 is 12.2 Å². The number of phenols is 1. The molecule has 4 bridgehead atoms. The molecule has 71 heavy (non-hydrogen) atoms. The molecule has 0 amide bonds. The van der Waals surface area contributed by atoms with Crippen molar-refractivity contribution >= 4 is 48.0 Å². The molecule has 5 heterocycles. The third-order valence-corrected chi connectivity index (χ3v) is 16.7. The summed E-state index contributed by atoms with van der Waals surface area (Å²) in [6.45, 7) is 2.06. The van der Waals surface area contributed by atoms with E-state index in [9.17, 15) is 15.3 Å². The molecule has 16 heteroatoms. The third-order valence-electron chi connectivity index (χ3n) is 16.7. The largest absolute Gasteiger partial charge is 0.504 e. The number of phenolic OH excluding ortho intramolecular Hbond substituents is 1. The lowest BCUT2D eigenvalue weighted by molar-refractivity contribution is -0.0453. The van der Waals surface area contributed by atoms with Gasteiger partial charge in [0, 0.05) is 63.9 Å². The molecule has 3 N–H and O–H groups in total. The van der Waals surface area contributed by atoms with E-state index in [1.807, 2.05) is 66.9 Å². The van der Waals surface area contributed by atoms with Gasteiger partial charge in [-0.15, -0.1) is 37.2 Å². The summed E-state index contributed by atoms with van der Waals surface area (Å²) in [5, 5.41) is 33.3. The lowest BCUT2D eigenvalue weighted by Crippen LogP contribution is -2.64. The first-order valence-electron chi connectivity index (χ1n) is 23.7. The molecule has 1 aromatic heterocycles. The van der Waals surface area contributed by atoms with E-state index in [1.165, 1.54) is 22.3 Å². The summed E-state index contributed by atoms with van der Waals surface area (Å²) in [6.07, 6.45) is 13.2. The van der Waals surface area contributed by atoms with E-state index in [0.717, 1.165) is 72.3 Å². The molecule has 10 atom stereocenters. The lowest BCUT2D eigenvalue weighted by Gasteiger charge is -2.56. The number of benzene rings is 4. The van der Waals surface area contributed by atoms with Crippen molar-refractivity contribution in [2.75, 3.05) is 62.7 Å². The average molecular weight is 1030 g/mol. The minimum absolute atomic E-state index is 0. The van der Waals surface area contributed by atoms with E-state index in [2.05, 4.69) is 47.1 Å². The van der Waals surface area contributed by atoms with E-state index in [4.69, 9.17) is 33.2 Å². The zero-order chi connectivity index (χ0) is 47.2. The molecule has 8 aliphatic rings. The van der Waals surface area contributed by atoms with Gasteiger partial charge < -0.3 is 58.3 Å². The highest BCUT2D eigenvalue weighted by molar-refractivity contribution is 5.88. The van der Waals surface area contributed by atoms with Crippen molar-refractivity contribution in [2.45, 2.75) is 79.4 Å². The average Bonchev–Trinajstić information content (AvgIpc) is 3.91.